The summed E-state index contributed by atoms with van der Waals surface area (Å²) in [5.41, 5.74) is 1.12. The standard InChI is InChI=1S/C26H37F3O/c1-2-3-19-8-14-24-21(16-19)10-11-22-17-20(9-15-25(22)24)5-4-18-6-12-23(13-7-18)30-26(27,28)29/h6-7,12-13,19-22,24-25H,2-5,8-11,14-17H2,1H3/t19-,20?,21-,22+,24+,25+/m1/s1. The number of benzene rings is 1. The summed E-state index contributed by atoms with van der Waals surface area (Å²) in [4.78, 5) is 0. The molecule has 0 saturated heterocycles. The van der Waals surface area contributed by atoms with Gasteiger partial charge in [0, 0.05) is 0 Å². The highest BCUT2D eigenvalue weighted by atomic mass is 19.4. The van der Waals surface area contributed by atoms with Gasteiger partial charge in [0.2, 0.25) is 0 Å². The summed E-state index contributed by atoms with van der Waals surface area (Å²) in [6.07, 6.45) is 11.7. The van der Waals surface area contributed by atoms with Crippen LogP contribution >= 0.6 is 0 Å². The zero-order chi connectivity index (χ0) is 21.1. The molecular formula is C26H37F3O. The second-order valence-corrected chi connectivity index (χ2v) is 10.3. The van der Waals surface area contributed by atoms with Gasteiger partial charge in [0.15, 0.2) is 0 Å². The summed E-state index contributed by atoms with van der Waals surface area (Å²) in [5, 5.41) is 0. The van der Waals surface area contributed by atoms with Crippen LogP contribution in [0.3, 0.4) is 0 Å². The molecular weight excluding hydrogens is 385 g/mol. The average Bonchev–Trinajstić information content (AvgIpc) is 2.72. The van der Waals surface area contributed by atoms with Gasteiger partial charge in [0.05, 0.1) is 0 Å². The molecule has 0 bridgehead atoms. The fourth-order valence-corrected chi connectivity index (χ4v) is 7.15. The molecule has 0 amide bonds. The Morgan fingerprint density at radius 2 is 1.37 bits per heavy atom. The Hall–Kier alpha value is -1.19. The second-order valence-electron chi connectivity index (χ2n) is 10.3. The first-order valence-corrected chi connectivity index (χ1v) is 12.3. The SMILES string of the molecule is CCC[C@@H]1CC[C@H]2[C@H](CC[C@H]3CC(CCc4ccc(OC(F)(F)F)cc4)CC[C@@H]32)C1. The maximum Gasteiger partial charge on any atom is 0.573 e. The molecule has 1 aromatic rings. The van der Waals surface area contributed by atoms with Gasteiger partial charge in [-0.2, -0.15) is 0 Å². The molecule has 3 saturated carbocycles. The minimum absolute atomic E-state index is 0.128. The zero-order valence-corrected chi connectivity index (χ0v) is 18.3. The molecule has 3 aliphatic carbocycles. The Bertz CT molecular complexity index is 668. The van der Waals surface area contributed by atoms with Crippen molar-refractivity contribution in [1.82, 2.24) is 0 Å². The van der Waals surface area contributed by atoms with Crippen LogP contribution in [-0.2, 0) is 6.42 Å². The van der Waals surface area contributed by atoms with Gasteiger partial charge in [-0.05, 0) is 105 Å². The molecule has 1 unspecified atom stereocenters. The highest BCUT2D eigenvalue weighted by Crippen LogP contribution is 2.54. The minimum Gasteiger partial charge on any atom is -0.406 e. The summed E-state index contributed by atoms with van der Waals surface area (Å²) in [6.45, 7) is 2.33. The van der Waals surface area contributed by atoms with Crippen LogP contribution in [0.2, 0.25) is 0 Å². The Balaban J connectivity index is 1.25. The first-order chi connectivity index (χ1) is 14.4. The Morgan fingerprint density at radius 3 is 1.90 bits per heavy atom. The van der Waals surface area contributed by atoms with E-state index in [-0.39, 0.29) is 5.75 Å². The van der Waals surface area contributed by atoms with E-state index in [1.54, 1.807) is 12.1 Å². The third kappa shape index (κ3) is 5.53. The van der Waals surface area contributed by atoms with Gasteiger partial charge in [-0.3, -0.25) is 0 Å². The quantitative estimate of drug-likeness (QED) is 0.449. The summed E-state index contributed by atoms with van der Waals surface area (Å²) in [7, 11) is 0. The fraction of sp³-hybridized carbons (Fsp3) is 0.769. The van der Waals surface area contributed by atoms with E-state index in [4.69, 9.17) is 0 Å². The lowest BCUT2D eigenvalue weighted by Gasteiger charge is -2.51. The number of hydrogen-bond acceptors (Lipinski definition) is 1. The number of hydrogen-bond donors (Lipinski definition) is 0. The van der Waals surface area contributed by atoms with E-state index in [1.165, 1.54) is 76.3 Å². The largest absolute Gasteiger partial charge is 0.573 e. The topological polar surface area (TPSA) is 9.23 Å². The minimum atomic E-state index is -4.62. The third-order valence-electron chi connectivity index (χ3n) is 8.45. The Labute approximate surface area is 179 Å². The lowest BCUT2D eigenvalue weighted by Crippen LogP contribution is -2.41. The van der Waals surface area contributed by atoms with E-state index in [9.17, 15) is 13.2 Å². The van der Waals surface area contributed by atoms with Crippen LogP contribution in [0.25, 0.3) is 0 Å². The molecule has 3 aliphatic rings. The fourth-order valence-electron chi connectivity index (χ4n) is 7.15. The molecule has 0 radical (unpaired) electrons. The van der Waals surface area contributed by atoms with Gasteiger partial charge in [-0.1, -0.05) is 44.7 Å². The number of alkyl halides is 3. The van der Waals surface area contributed by atoms with Crippen molar-refractivity contribution in [3.63, 3.8) is 0 Å². The van der Waals surface area contributed by atoms with E-state index in [0.29, 0.717) is 0 Å². The molecule has 0 N–H and O–H groups in total. The van der Waals surface area contributed by atoms with E-state index in [2.05, 4.69) is 11.7 Å². The molecule has 1 nitrogen and oxygen atoms in total. The summed E-state index contributed by atoms with van der Waals surface area (Å²) in [6, 6.07) is 6.45. The normalized spacial score (nSPS) is 34.1. The smallest absolute Gasteiger partial charge is 0.406 e. The molecule has 0 aromatic heterocycles. The number of fused-ring (bicyclic) bond motifs is 3. The highest BCUT2D eigenvalue weighted by Gasteiger charge is 2.44. The lowest BCUT2D eigenvalue weighted by molar-refractivity contribution is -0.274. The van der Waals surface area contributed by atoms with Gasteiger partial charge < -0.3 is 4.74 Å². The van der Waals surface area contributed by atoms with Crippen LogP contribution < -0.4 is 4.74 Å². The lowest BCUT2D eigenvalue weighted by atomic mass is 9.55. The van der Waals surface area contributed by atoms with Gasteiger partial charge in [-0.15, -0.1) is 13.2 Å². The van der Waals surface area contributed by atoms with Crippen molar-refractivity contribution in [2.75, 3.05) is 0 Å². The second kappa shape index (κ2) is 9.53. The average molecular weight is 423 g/mol. The van der Waals surface area contributed by atoms with Gasteiger partial charge in [0.25, 0.3) is 0 Å². The summed E-state index contributed by atoms with van der Waals surface area (Å²) >= 11 is 0. The van der Waals surface area contributed by atoms with E-state index < -0.39 is 6.36 Å². The highest BCUT2D eigenvalue weighted by molar-refractivity contribution is 5.27. The summed E-state index contributed by atoms with van der Waals surface area (Å²) < 4.78 is 40.9. The van der Waals surface area contributed by atoms with Gasteiger partial charge >= 0.3 is 6.36 Å². The number of ether oxygens (including phenoxy) is 1. The molecule has 3 fully saturated rings. The van der Waals surface area contributed by atoms with Crippen molar-refractivity contribution < 1.29 is 17.9 Å². The van der Waals surface area contributed by atoms with Gasteiger partial charge in [-0.25, -0.2) is 0 Å². The van der Waals surface area contributed by atoms with Crippen molar-refractivity contribution in [1.29, 1.82) is 0 Å². The molecule has 4 heteroatoms. The third-order valence-corrected chi connectivity index (χ3v) is 8.45. The van der Waals surface area contributed by atoms with Crippen molar-refractivity contribution in [3.05, 3.63) is 29.8 Å². The van der Waals surface area contributed by atoms with Crippen molar-refractivity contribution in [2.24, 2.45) is 35.5 Å². The summed E-state index contributed by atoms with van der Waals surface area (Å²) in [5.74, 6) is 5.56. The molecule has 0 aliphatic heterocycles. The predicted octanol–water partition coefficient (Wildman–Crippen LogP) is 8.18. The van der Waals surface area contributed by atoms with E-state index >= 15 is 0 Å². The first kappa shape index (κ1) is 22.0. The maximum absolute atomic E-state index is 12.3. The maximum atomic E-state index is 12.3. The molecule has 1 aromatic carbocycles. The molecule has 168 valence electrons. The number of halogens is 3. The number of rotatable bonds is 6. The van der Waals surface area contributed by atoms with Crippen molar-refractivity contribution in [2.45, 2.75) is 90.3 Å². The van der Waals surface area contributed by atoms with E-state index in [0.717, 1.165) is 53.9 Å². The molecule has 0 spiro atoms. The first-order valence-electron chi connectivity index (χ1n) is 12.3. The van der Waals surface area contributed by atoms with Crippen molar-refractivity contribution in [3.8, 4) is 5.75 Å². The van der Waals surface area contributed by atoms with Gasteiger partial charge in [0.1, 0.15) is 5.75 Å². The van der Waals surface area contributed by atoms with Crippen LogP contribution in [-0.4, -0.2) is 6.36 Å². The molecule has 0 heterocycles. The monoisotopic (exact) mass is 422 g/mol. The number of aryl methyl sites for hydroxylation is 1. The predicted molar refractivity (Wildman–Crippen MR) is 114 cm³/mol. The van der Waals surface area contributed by atoms with Crippen molar-refractivity contribution >= 4 is 0 Å². The van der Waals surface area contributed by atoms with Crippen LogP contribution in [0.15, 0.2) is 24.3 Å². The molecule has 4 rings (SSSR count). The molecule has 6 atom stereocenters. The van der Waals surface area contributed by atoms with E-state index in [1.807, 2.05) is 0 Å². The van der Waals surface area contributed by atoms with Crippen LogP contribution in [0.4, 0.5) is 13.2 Å². The Morgan fingerprint density at radius 1 is 0.800 bits per heavy atom. The van der Waals surface area contributed by atoms with Crippen LogP contribution in [0.1, 0.15) is 83.1 Å². The Kier molecular flexibility index (Phi) is 6.99. The zero-order valence-electron chi connectivity index (χ0n) is 18.3. The van der Waals surface area contributed by atoms with Crippen LogP contribution in [0.5, 0.6) is 5.75 Å². The van der Waals surface area contributed by atoms with Crippen LogP contribution in [0, 0.1) is 35.5 Å². The molecule has 30 heavy (non-hydrogen) atoms.